The number of rotatable bonds is 5. The molecule has 4 saturated carbocycles. The van der Waals surface area contributed by atoms with Crippen LogP contribution >= 0.6 is 0 Å². The zero-order valence-electron chi connectivity index (χ0n) is 16.0. The summed E-state index contributed by atoms with van der Waals surface area (Å²) in [6.07, 6.45) is 10.2. The highest BCUT2D eigenvalue weighted by atomic mass is 16.5. The fraction of sp³-hybridized carbons (Fsp3) is 0.667. The lowest BCUT2D eigenvalue weighted by Gasteiger charge is -2.59. The molecule has 6 heteroatoms. The average Bonchev–Trinajstić information content (AvgIpc) is 3.13. The van der Waals surface area contributed by atoms with Crippen LogP contribution in [0.5, 0.6) is 0 Å². The average molecular weight is 369 g/mol. The summed E-state index contributed by atoms with van der Waals surface area (Å²) in [5.41, 5.74) is 3.15. The Bertz CT molecular complexity index is 790. The number of carbonyl (C=O) groups excluding carboxylic acids is 1. The molecule has 2 heterocycles. The standard InChI is InChI=1S/C21H27N3O3/c1-3-27-20(25)15-11-23-16-4-5-22-19(16)18(15)24-17-13-6-12-7-14(17)10-21(8-12,9-13)26-2/h5,11-14,17H,3-4,6-10H2,1-2H3,(H,23,24)/t12?,13-,14+,17?,21?. The Morgan fingerprint density at radius 3 is 2.78 bits per heavy atom. The number of pyridine rings is 1. The van der Waals surface area contributed by atoms with Crippen molar-refractivity contribution in [3.05, 3.63) is 17.5 Å². The zero-order chi connectivity index (χ0) is 18.6. The molecule has 5 aliphatic rings. The van der Waals surface area contributed by atoms with E-state index >= 15 is 0 Å². The van der Waals surface area contributed by atoms with Gasteiger partial charge in [-0.2, -0.15) is 0 Å². The third-order valence-corrected chi connectivity index (χ3v) is 7.09. The minimum absolute atomic E-state index is 0.0804. The summed E-state index contributed by atoms with van der Waals surface area (Å²) in [7, 11) is 1.87. The van der Waals surface area contributed by atoms with E-state index in [1.165, 1.54) is 19.3 Å². The molecule has 0 aromatic carbocycles. The second-order valence-corrected chi connectivity index (χ2v) is 8.61. The van der Waals surface area contributed by atoms with Gasteiger partial charge < -0.3 is 14.8 Å². The molecule has 27 heavy (non-hydrogen) atoms. The molecule has 144 valence electrons. The van der Waals surface area contributed by atoms with E-state index in [0.717, 1.165) is 42.2 Å². The molecule has 4 aliphatic carbocycles. The van der Waals surface area contributed by atoms with Gasteiger partial charge in [-0.1, -0.05) is 0 Å². The summed E-state index contributed by atoms with van der Waals surface area (Å²) >= 11 is 0. The van der Waals surface area contributed by atoms with Gasteiger partial charge in [-0.25, -0.2) is 4.79 Å². The monoisotopic (exact) mass is 369 g/mol. The van der Waals surface area contributed by atoms with Crippen LogP contribution in [0.3, 0.4) is 0 Å². The number of anilines is 1. The fourth-order valence-corrected chi connectivity index (χ4v) is 6.16. The van der Waals surface area contributed by atoms with Crippen molar-refractivity contribution in [1.82, 2.24) is 4.98 Å². The van der Waals surface area contributed by atoms with Gasteiger partial charge in [-0.3, -0.25) is 9.98 Å². The predicted octanol–water partition coefficient (Wildman–Crippen LogP) is 3.52. The first-order chi connectivity index (χ1) is 13.1. The largest absolute Gasteiger partial charge is 0.462 e. The first-order valence-electron chi connectivity index (χ1n) is 10.2. The normalized spacial score (nSPS) is 35.3. The van der Waals surface area contributed by atoms with Crippen molar-refractivity contribution in [3.8, 4) is 0 Å². The van der Waals surface area contributed by atoms with Crippen molar-refractivity contribution in [1.29, 1.82) is 0 Å². The van der Waals surface area contributed by atoms with Crippen LogP contribution in [-0.4, -0.2) is 42.5 Å². The van der Waals surface area contributed by atoms with Gasteiger partial charge in [0, 0.05) is 32.0 Å². The molecule has 0 radical (unpaired) electrons. The molecule has 1 aliphatic heterocycles. The fourth-order valence-electron chi connectivity index (χ4n) is 6.16. The Balaban J connectivity index is 1.48. The van der Waals surface area contributed by atoms with E-state index in [4.69, 9.17) is 9.47 Å². The molecule has 0 spiro atoms. The topological polar surface area (TPSA) is 72.8 Å². The van der Waals surface area contributed by atoms with Crippen LogP contribution in [-0.2, 0) is 15.9 Å². The maximum absolute atomic E-state index is 12.5. The summed E-state index contributed by atoms with van der Waals surface area (Å²) in [6.45, 7) is 2.18. The molecule has 1 N–H and O–H groups in total. The summed E-state index contributed by atoms with van der Waals surface area (Å²) < 4.78 is 11.3. The van der Waals surface area contributed by atoms with E-state index in [1.54, 1.807) is 6.20 Å². The Kier molecular flexibility index (Phi) is 4.00. The lowest BCUT2D eigenvalue weighted by atomic mass is 9.52. The molecule has 5 atom stereocenters. The van der Waals surface area contributed by atoms with E-state index in [9.17, 15) is 4.79 Å². The van der Waals surface area contributed by atoms with Crippen LogP contribution in [0.15, 0.2) is 11.2 Å². The Morgan fingerprint density at radius 1 is 1.30 bits per heavy atom. The number of fused-ring (bicyclic) bond motifs is 1. The Labute approximate surface area is 159 Å². The van der Waals surface area contributed by atoms with E-state index in [-0.39, 0.29) is 11.6 Å². The van der Waals surface area contributed by atoms with Crippen LogP contribution in [0.2, 0.25) is 0 Å². The lowest BCUT2D eigenvalue weighted by molar-refractivity contribution is -0.149. The van der Waals surface area contributed by atoms with Crippen LogP contribution in [0.4, 0.5) is 11.4 Å². The van der Waals surface area contributed by atoms with Crippen molar-refractivity contribution in [3.63, 3.8) is 0 Å². The van der Waals surface area contributed by atoms with Gasteiger partial charge in [0.2, 0.25) is 0 Å². The highest BCUT2D eigenvalue weighted by molar-refractivity contribution is 6.00. The number of hydrogen-bond donors (Lipinski definition) is 1. The van der Waals surface area contributed by atoms with Crippen molar-refractivity contribution in [2.45, 2.75) is 57.1 Å². The summed E-state index contributed by atoms with van der Waals surface area (Å²) in [5.74, 6) is 1.63. The van der Waals surface area contributed by atoms with Crippen molar-refractivity contribution < 1.29 is 14.3 Å². The van der Waals surface area contributed by atoms with Crippen molar-refractivity contribution >= 4 is 23.6 Å². The minimum atomic E-state index is -0.324. The van der Waals surface area contributed by atoms with Crippen molar-refractivity contribution in [2.75, 3.05) is 19.0 Å². The quantitative estimate of drug-likeness (QED) is 0.804. The second-order valence-electron chi connectivity index (χ2n) is 8.61. The molecule has 1 aromatic rings. The molecule has 0 amide bonds. The maximum atomic E-state index is 12.5. The molecule has 3 unspecified atom stereocenters. The number of hydrogen-bond acceptors (Lipinski definition) is 6. The van der Waals surface area contributed by atoms with Crippen LogP contribution in [0, 0.1) is 17.8 Å². The van der Waals surface area contributed by atoms with Crippen molar-refractivity contribution in [2.24, 2.45) is 22.7 Å². The number of aromatic nitrogens is 1. The van der Waals surface area contributed by atoms with Gasteiger partial charge in [-0.15, -0.1) is 0 Å². The summed E-state index contributed by atoms with van der Waals surface area (Å²) in [5, 5.41) is 3.76. The third-order valence-electron chi connectivity index (χ3n) is 7.09. The number of esters is 1. The highest BCUT2D eigenvalue weighted by Crippen LogP contribution is 2.58. The molecule has 6 nitrogen and oxygen atoms in total. The molecular formula is C21H27N3O3. The molecule has 1 aromatic heterocycles. The number of ether oxygens (including phenoxy) is 2. The summed E-state index contributed by atoms with van der Waals surface area (Å²) in [4.78, 5) is 21.5. The van der Waals surface area contributed by atoms with Gasteiger partial charge >= 0.3 is 5.97 Å². The van der Waals surface area contributed by atoms with Crippen LogP contribution in [0.25, 0.3) is 0 Å². The van der Waals surface area contributed by atoms with Crippen LogP contribution in [0.1, 0.15) is 55.1 Å². The van der Waals surface area contributed by atoms with Crippen LogP contribution < -0.4 is 5.32 Å². The number of nitrogens with one attached hydrogen (secondary N) is 1. The SMILES string of the molecule is CCOC(=O)c1cnc2c(c1NC1[C@@H]3CC4C[C@H]1CC(OC)(C4)C3)N=CC2. The molecule has 4 fully saturated rings. The Morgan fingerprint density at radius 2 is 2.07 bits per heavy atom. The number of nitrogens with zero attached hydrogens (tertiary/aromatic N) is 2. The Hall–Kier alpha value is -1.95. The van der Waals surface area contributed by atoms with E-state index < -0.39 is 0 Å². The van der Waals surface area contributed by atoms with E-state index in [1.807, 2.05) is 20.2 Å². The highest BCUT2D eigenvalue weighted by Gasteiger charge is 2.56. The zero-order valence-corrected chi connectivity index (χ0v) is 16.0. The van der Waals surface area contributed by atoms with Gasteiger partial charge in [0.05, 0.1) is 23.6 Å². The minimum Gasteiger partial charge on any atom is -0.462 e. The molecule has 0 saturated heterocycles. The first-order valence-corrected chi connectivity index (χ1v) is 10.2. The van der Waals surface area contributed by atoms with Gasteiger partial charge in [0.25, 0.3) is 0 Å². The van der Waals surface area contributed by atoms with E-state index in [2.05, 4.69) is 15.3 Å². The molecule has 4 bridgehead atoms. The van der Waals surface area contributed by atoms with Gasteiger partial charge in [-0.05, 0) is 56.8 Å². The number of aliphatic imine (C=N–C) groups is 1. The predicted molar refractivity (Wildman–Crippen MR) is 103 cm³/mol. The third kappa shape index (κ3) is 2.68. The lowest BCUT2D eigenvalue weighted by Crippen LogP contribution is -2.59. The smallest absolute Gasteiger partial charge is 0.341 e. The maximum Gasteiger partial charge on any atom is 0.341 e. The second kappa shape index (κ2) is 6.30. The molecular weight excluding hydrogens is 342 g/mol. The van der Waals surface area contributed by atoms with Gasteiger partial charge in [0.15, 0.2) is 0 Å². The number of carbonyl (C=O) groups is 1. The van der Waals surface area contributed by atoms with E-state index in [0.29, 0.717) is 30.0 Å². The molecule has 6 rings (SSSR count). The number of methoxy groups -OCH3 is 1. The summed E-state index contributed by atoms with van der Waals surface area (Å²) in [6, 6.07) is 0.361. The first kappa shape index (κ1) is 17.2. The van der Waals surface area contributed by atoms with Gasteiger partial charge in [0.1, 0.15) is 11.3 Å².